The van der Waals surface area contributed by atoms with E-state index in [1.807, 2.05) is 0 Å². The van der Waals surface area contributed by atoms with Crippen LogP contribution in [0.25, 0.3) is 0 Å². The summed E-state index contributed by atoms with van der Waals surface area (Å²) in [6.45, 7) is 4.91. The average molecular weight is 1040 g/mol. The van der Waals surface area contributed by atoms with Crippen LogP contribution < -0.4 is 5.32 Å². The van der Waals surface area contributed by atoms with Crippen LogP contribution in [-0.2, 0) is 14.3 Å². The molecular weight excluding hydrogens is 911 g/mol. The summed E-state index contributed by atoms with van der Waals surface area (Å²) in [5.74, 6) is -0.0320. The van der Waals surface area contributed by atoms with Crippen LogP contribution in [0.4, 0.5) is 0 Å². The zero-order chi connectivity index (χ0) is 53.6. The molecule has 0 heterocycles. The SMILES string of the molecule is CCC/C=C\C/C=C\CCCCCCCC(=O)OCCCCCCCCCCCCCC/C=C\CCCCCCCCCCCCCCC(=O)NC(CO)C(O)CCCCCCCCCCCCCCCCCC. The molecule has 74 heavy (non-hydrogen) atoms. The Morgan fingerprint density at radius 1 is 0.378 bits per heavy atom. The third kappa shape index (κ3) is 59.3. The second-order valence-electron chi connectivity index (χ2n) is 22.8. The predicted octanol–water partition coefficient (Wildman–Crippen LogP) is 21.1. The molecule has 0 aromatic rings. The Labute approximate surface area is 462 Å². The fourth-order valence-corrected chi connectivity index (χ4v) is 10.3. The first-order valence-corrected chi connectivity index (χ1v) is 33.2. The van der Waals surface area contributed by atoms with Gasteiger partial charge in [-0.05, 0) is 77.0 Å². The monoisotopic (exact) mass is 1040 g/mol. The molecule has 0 aliphatic rings. The second kappa shape index (κ2) is 63.6. The van der Waals surface area contributed by atoms with Crippen LogP contribution in [0, 0.1) is 0 Å². The molecule has 0 aliphatic heterocycles. The first-order valence-electron chi connectivity index (χ1n) is 33.2. The molecule has 0 radical (unpaired) electrons. The van der Waals surface area contributed by atoms with Gasteiger partial charge in [-0.1, -0.05) is 307 Å². The quantitative estimate of drug-likeness (QED) is 0.0320. The van der Waals surface area contributed by atoms with Gasteiger partial charge in [0.2, 0.25) is 5.91 Å². The van der Waals surface area contributed by atoms with Gasteiger partial charge in [-0.25, -0.2) is 0 Å². The van der Waals surface area contributed by atoms with Gasteiger partial charge in [0.05, 0.1) is 25.4 Å². The van der Waals surface area contributed by atoms with Gasteiger partial charge in [0.1, 0.15) is 0 Å². The number of carbonyl (C=O) groups is 2. The van der Waals surface area contributed by atoms with Crippen LogP contribution in [0.1, 0.15) is 361 Å². The van der Waals surface area contributed by atoms with E-state index in [2.05, 4.69) is 55.6 Å². The standard InChI is InChI=1S/C68H129NO5/c1-3-5-7-9-11-13-15-17-18-33-37-40-44-48-52-56-60-66(71)65(64-70)69-67(72)61-57-53-49-45-41-38-34-31-29-27-25-23-21-19-20-22-24-26-28-30-32-35-39-43-47-51-55-59-63-74-68(73)62-58-54-50-46-42-36-16-14-12-10-8-6-4-2/h8,10,14,16,19-20,65-66,70-71H,3-7,9,11-13,15,17-18,21-64H2,1-2H3,(H,69,72)/b10-8-,16-14-,20-19-. The van der Waals surface area contributed by atoms with Crippen molar-refractivity contribution in [3.8, 4) is 0 Å². The van der Waals surface area contributed by atoms with E-state index in [1.165, 1.54) is 276 Å². The molecule has 0 saturated carbocycles. The molecule has 0 bridgehead atoms. The van der Waals surface area contributed by atoms with Crippen LogP contribution in [0.5, 0.6) is 0 Å². The smallest absolute Gasteiger partial charge is 0.305 e. The molecule has 0 aliphatic carbocycles. The number of unbranched alkanes of at least 4 members (excludes halogenated alkanes) is 45. The maximum atomic E-state index is 12.5. The highest BCUT2D eigenvalue weighted by Gasteiger charge is 2.20. The van der Waals surface area contributed by atoms with E-state index in [0.717, 1.165) is 51.4 Å². The van der Waals surface area contributed by atoms with Crippen molar-refractivity contribution in [2.24, 2.45) is 0 Å². The number of aliphatic hydroxyl groups excluding tert-OH is 2. The van der Waals surface area contributed by atoms with Crippen molar-refractivity contribution >= 4 is 11.9 Å². The summed E-state index contributed by atoms with van der Waals surface area (Å²) < 4.78 is 5.47. The number of esters is 1. The molecule has 2 unspecified atom stereocenters. The van der Waals surface area contributed by atoms with Gasteiger partial charge in [0.15, 0.2) is 0 Å². The Kier molecular flexibility index (Phi) is 62.0. The Balaban J connectivity index is 3.38. The maximum Gasteiger partial charge on any atom is 0.305 e. The first kappa shape index (κ1) is 72.1. The molecule has 6 heteroatoms. The van der Waals surface area contributed by atoms with E-state index in [-0.39, 0.29) is 18.5 Å². The number of carbonyl (C=O) groups excluding carboxylic acids is 2. The number of allylic oxidation sites excluding steroid dienone is 6. The summed E-state index contributed by atoms with van der Waals surface area (Å²) in [4.78, 5) is 24.5. The summed E-state index contributed by atoms with van der Waals surface area (Å²) in [6.07, 6.45) is 80.3. The van der Waals surface area contributed by atoms with Crippen LogP contribution in [0.3, 0.4) is 0 Å². The summed E-state index contributed by atoms with van der Waals surface area (Å²) >= 11 is 0. The van der Waals surface area contributed by atoms with E-state index in [0.29, 0.717) is 25.9 Å². The van der Waals surface area contributed by atoms with Crippen molar-refractivity contribution in [3.63, 3.8) is 0 Å². The van der Waals surface area contributed by atoms with E-state index in [1.54, 1.807) is 0 Å². The Bertz CT molecular complexity index is 1200. The number of nitrogens with one attached hydrogen (secondary N) is 1. The Hall–Kier alpha value is -1.92. The molecule has 0 saturated heterocycles. The van der Waals surface area contributed by atoms with E-state index < -0.39 is 12.1 Å². The lowest BCUT2D eigenvalue weighted by molar-refractivity contribution is -0.143. The third-order valence-corrected chi connectivity index (χ3v) is 15.4. The number of hydrogen-bond acceptors (Lipinski definition) is 5. The number of ether oxygens (including phenoxy) is 1. The summed E-state index contributed by atoms with van der Waals surface area (Å²) in [5.41, 5.74) is 0. The number of aliphatic hydroxyl groups is 2. The highest BCUT2D eigenvalue weighted by molar-refractivity contribution is 5.76. The van der Waals surface area contributed by atoms with Crippen LogP contribution >= 0.6 is 0 Å². The molecule has 1 amide bonds. The van der Waals surface area contributed by atoms with Crippen molar-refractivity contribution in [3.05, 3.63) is 36.5 Å². The summed E-state index contributed by atoms with van der Waals surface area (Å²) in [6, 6.07) is -0.542. The lowest BCUT2D eigenvalue weighted by Crippen LogP contribution is -2.45. The highest BCUT2D eigenvalue weighted by atomic mass is 16.5. The fourth-order valence-electron chi connectivity index (χ4n) is 10.3. The average Bonchev–Trinajstić information content (AvgIpc) is 3.40. The zero-order valence-corrected chi connectivity index (χ0v) is 49.8. The molecule has 0 rings (SSSR count). The molecule has 436 valence electrons. The van der Waals surface area contributed by atoms with Crippen LogP contribution in [-0.4, -0.2) is 47.4 Å². The predicted molar refractivity (Wildman–Crippen MR) is 324 cm³/mol. The lowest BCUT2D eigenvalue weighted by Gasteiger charge is -2.22. The number of amides is 1. The molecule has 3 N–H and O–H groups in total. The van der Waals surface area contributed by atoms with Gasteiger partial charge in [-0.3, -0.25) is 9.59 Å². The molecule has 0 fully saturated rings. The number of hydrogen-bond donors (Lipinski definition) is 3. The van der Waals surface area contributed by atoms with Gasteiger partial charge >= 0.3 is 5.97 Å². The van der Waals surface area contributed by atoms with Crippen molar-refractivity contribution in [1.29, 1.82) is 0 Å². The van der Waals surface area contributed by atoms with E-state index in [4.69, 9.17) is 4.74 Å². The zero-order valence-electron chi connectivity index (χ0n) is 49.8. The Morgan fingerprint density at radius 2 is 0.703 bits per heavy atom. The first-order chi connectivity index (χ1) is 36.5. The minimum Gasteiger partial charge on any atom is -0.466 e. The highest BCUT2D eigenvalue weighted by Crippen LogP contribution is 2.18. The lowest BCUT2D eigenvalue weighted by atomic mass is 10.0. The molecular formula is C68H129NO5. The maximum absolute atomic E-state index is 12.5. The van der Waals surface area contributed by atoms with Gasteiger partial charge in [0, 0.05) is 12.8 Å². The van der Waals surface area contributed by atoms with Gasteiger partial charge in [-0.15, -0.1) is 0 Å². The van der Waals surface area contributed by atoms with Crippen molar-refractivity contribution in [1.82, 2.24) is 5.32 Å². The van der Waals surface area contributed by atoms with Gasteiger partial charge < -0.3 is 20.3 Å². The van der Waals surface area contributed by atoms with Crippen molar-refractivity contribution < 1.29 is 24.5 Å². The van der Waals surface area contributed by atoms with Crippen LogP contribution in [0.2, 0.25) is 0 Å². The summed E-state index contributed by atoms with van der Waals surface area (Å²) in [7, 11) is 0. The van der Waals surface area contributed by atoms with Crippen molar-refractivity contribution in [2.75, 3.05) is 13.2 Å². The fraction of sp³-hybridized carbons (Fsp3) is 0.882. The normalized spacial score (nSPS) is 12.8. The van der Waals surface area contributed by atoms with E-state index in [9.17, 15) is 19.8 Å². The van der Waals surface area contributed by atoms with Crippen molar-refractivity contribution in [2.45, 2.75) is 373 Å². The molecule has 0 aromatic carbocycles. The third-order valence-electron chi connectivity index (χ3n) is 15.4. The minimum absolute atomic E-state index is 0.000585. The molecule has 0 aromatic heterocycles. The number of rotatable bonds is 62. The summed E-state index contributed by atoms with van der Waals surface area (Å²) in [5, 5.41) is 23.3. The van der Waals surface area contributed by atoms with Gasteiger partial charge in [0.25, 0.3) is 0 Å². The Morgan fingerprint density at radius 3 is 1.09 bits per heavy atom. The largest absolute Gasteiger partial charge is 0.466 e. The molecule has 2 atom stereocenters. The van der Waals surface area contributed by atoms with Gasteiger partial charge in [-0.2, -0.15) is 0 Å². The second-order valence-corrected chi connectivity index (χ2v) is 22.8. The van der Waals surface area contributed by atoms with Crippen LogP contribution in [0.15, 0.2) is 36.5 Å². The molecule has 6 nitrogen and oxygen atoms in total. The minimum atomic E-state index is -0.664. The van der Waals surface area contributed by atoms with E-state index >= 15 is 0 Å². The molecule has 0 spiro atoms. The topological polar surface area (TPSA) is 95.9 Å².